The first-order valence-electron chi connectivity index (χ1n) is 8.88. The topological polar surface area (TPSA) is 87.3 Å². The Labute approximate surface area is 158 Å². The predicted octanol–water partition coefficient (Wildman–Crippen LogP) is 3.81. The summed E-state index contributed by atoms with van der Waals surface area (Å²) < 4.78 is 0. The van der Waals surface area contributed by atoms with Gasteiger partial charge in [-0.05, 0) is 48.4 Å². The van der Waals surface area contributed by atoms with Crippen LogP contribution in [0.25, 0.3) is 0 Å². The summed E-state index contributed by atoms with van der Waals surface area (Å²) >= 11 is 0. The maximum Gasteiger partial charge on any atom is 0.255 e. The van der Waals surface area contributed by atoms with E-state index in [4.69, 9.17) is 0 Å². The number of carbonyl (C=O) groups excluding carboxylic acids is 3. The summed E-state index contributed by atoms with van der Waals surface area (Å²) in [6.45, 7) is 5.52. The first-order valence-corrected chi connectivity index (χ1v) is 8.88. The molecule has 6 nitrogen and oxygen atoms in total. The number of carbonyl (C=O) groups is 3. The molecule has 0 fully saturated rings. The zero-order chi connectivity index (χ0) is 19.6. The minimum Gasteiger partial charge on any atom is -0.326 e. The number of benzene rings is 2. The third-order valence-corrected chi connectivity index (χ3v) is 4.32. The van der Waals surface area contributed by atoms with Gasteiger partial charge in [-0.2, -0.15) is 0 Å². The zero-order valence-electron chi connectivity index (χ0n) is 15.7. The lowest BCUT2D eigenvalue weighted by Crippen LogP contribution is -2.27. The van der Waals surface area contributed by atoms with Gasteiger partial charge in [0.05, 0.1) is 0 Å². The summed E-state index contributed by atoms with van der Waals surface area (Å²) in [6.07, 6.45) is 1.05. The fourth-order valence-electron chi connectivity index (χ4n) is 2.72. The third kappa shape index (κ3) is 4.53. The molecule has 3 N–H and O–H groups in total. The molecular formula is C21H23N3O3. The molecule has 0 aliphatic carbocycles. The second kappa shape index (κ2) is 7.23. The van der Waals surface area contributed by atoms with E-state index >= 15 is 0 Å². The lowest BCUT2D eigenvalue weighted by atomic mass is 9.95. The Balaban J connectivity index is 1.72. The fourth-order valence-corrected chi connectivity index (χ4v) is 2.72. The maximum atomic E-state index is 12.6. The van der Waals surface area contributed by atoms with Gasteiger partial charge in [-0.15, -0.1) is 0 Å². The van der Waals surface area contributed by atoms with Crippen LogP contribution in [0, 0.1) is 5.41 Å². The second-order valence-electron chi connectivity index (χ2n) is 7.66. The molecule has 0 atom stereocenters. The highest BCUT2D eigenvalue weighted by atomic mass is 16.2. The van der Waals surface area contributed by atoms with Crippen LogP contribution in [0.3, 0.4) is 0 Å². The highest BCUT2D eigenvalue weighted by Gasteiger charge is 2.21. The molecule has 140 valence electrons. The van der Waals surface area contributed by atoms with E-state index in [-0.39, 0.29) is 17.7 Å². The number of nitrogens with one attached hydrogen (secondary N) is 3. The molecule has 0 saturated heterocycles. The average molecular weight is 365 g/mol. The molecule has 3 amide bonds. The van der Waals surface area contributed by atoms with Crippen molar-refractivity contribution in [2.24, 2.45) is 5.41 Å². The van der Waals surface area contributed by atoms with E-state index < -0.39 is 5.41 Å². The third-order valence-electron chi connectivity index (χ3n) is 4.32. The van der Waals surface area contributed by atoms with Crippen LogP contribution >= 0.6 is 0 Å². The van der Waals surface area contributed by atoms with E-state index in [1.807, 2.05) is 20.8 Å². The van der Waals surface area contributed by atoms with Crippen molar-refractivity contribution in [3.63, 3.8) is 0 Å². The number of fused-ring (bicyclic) bond motifs is 1. The van der Waals surface area contributed by atoms with Crippen molar-refractivity contribution >= 4 is 34.8 Å². The minimum atomic E-state index is -0.502. The van der Waals surface area contributed by atoms with Crippen LogP contribution in [-0.4, -0.2) is 17.7 Å². The molecule has 0 spiro atoms. The number of hydrogen-bond acceptors (Lipinski definition) is 3. The van der Waals surface area contributed by atoms with Crippen molar-refractivity contribution in [3.8, 4) is 0 Å². The van der Waals surface area contributed by atoms with Gasteiger partial charge in [0.2, 0.25) is 11.8 Å². The van der Waals surface area contributed by atoms with E-state index in [1.165, 1.54) is 0 Å². The van der Waals surface area contributed by atoms with E-state index in [2.05, 4.69) is 16.0 Å². The lowest BCUT2D eigenvalue weighted by Gasteiger charge is -2.18. The highest BCUT2D eigenvalue weighted by molar-refractivity contribution is 6.05. The van der Waals surface area contributed by atoms with E-state index in [0.717, 1.165) is 11.3 Å². The largest absolute Gasteiger partial charge is 0.326 e. The van der Waals surface area contributed by atoms with Crippen molar-refractivity contribution in [2.45, 2.75) is 33.6 Å². The number of amides is 3. The number of rotatable bonds is 3. The van der Waals surface area contributed by atoms with Gasteiger partial charge in [0.1, 0.15) is 0 Å². The van der Waals surface area contributed by atoms with Crippen LogP contribution in [0.2, 0.25) is 0 Å². The van der Waals surface area contributed by atoms with Crippen LogP contribution in [0.4, 0.5) is 17.1 Å². The fraction of sp³-hybridized carbons (Fsp3) is 0.286. The predicted molar refractivity (Wildman–Crippen MR) is 106 cm³/mol. The number of anilines is 3. The van der Waals surface area contributed by atoms with Gasteiger partial charge in [-0.1, -0.05) is 26.8 Å². The van der Waals surface area contributed by atoms with Crippen molar-refractivity contribution in [2.75, 3.05) is 16.0 Å². The first kappa shape index (κ1) is 18.6. The zero-order valence-corrected chi connectivity index (χ0v) is 15.7. The molecule has 0 aromatic heterocycles. The molecule has 6 heteroatoms. The summed E-state index contributed by atoms with van der Waals surface area (Å²) in [5.41, 5.74) is 2.95. The summed E-state index contributed by atoms with van der Waals surface area (Å²) in [6, 6.07) is 12.3. The van der Waals surface area contributed by atoms with Crippen LogP contribution in [0.5, 0.6) is 0 Å². The van der Waals surface area contributed by atoms with Gasteiger partial charge in [-0.3, -0.25) is 14.4 Å². The number of aryl methyl sites for hydroxylation is 1. The molecule has 1 aliphatic heterocycles. The number of hydrogen-bond donors (Lipinski definition) is 3. The first-order chi connectivity index (χ1) is 12.7. The summed E-state index contributed by atoms with van der Waals surface area (Å²) in [7, 11) is 0. The van der Waals surface area contributed by atoms with Crippen LogP contribution in [-0.2, 0) is 16.0 Å². The highest BCUT2D eigenvalue weighted by Crippen LogP contribution is 2.25. The Bertz CT molecular complexity index is 913. The van der Waals surface area contributed by atoms with Gasteiger partial charge in [0.15, 0.2) is 0 Å². The Morgan fingerprint density at radius 3 is 2.37 bits per heavy atom. The molecule has 3 rings (SSSR count). The van der Waals surface area contributed by atoms with Crippen LogP contribution in [0.15, 0.2) is 42.5 Å². The quantitative estimate of drug-likeness (QED) is 0.773. The lowest BCUT2D eigenvalue weighted by molar-refractivity contribution is -0.123. The molecule has 0 bridgehead atoms. The molecule has 1 aliphatic rings. The Kier molecular flexibility index (Phi) is 4.99. The SMILES string of the molecule is CC(C)(C)C(=O)Nc1cccc(NC(=O)c2ccc3c(c2)CCC(=O)N3)c1. The molecule has 2 aromatic carbocycles. The maximum absolute atomic E-state index is 12.6. The minimum absolute atomic E-state index is 0.00572. The van der Waals surface area contributed by atoms with Gasteiger partial charge >= 0.3 is 0 Å². The average Bonchev–Trinajstić information content (AvgIpc) is 2.60. The molecule has 2 aromatic rings. The van der Waals surface area contributed by atoms with Gasteiger partial charge < -0.3 is 16.0 Å². The summed E-state index contributed by atoms with van der Waals surface area (Å²) in [5.74, 6) is -0.342. The monoisotopic (exact) mass is 365 g/mol. The second-order valence-corrected chi connectivity index (χ2v) is 7.66. The van der Waals surface area contributed by atoms with Crippen molar-refractivity contribution < 1.29 is 14.4 Å². The Morgan fingerprint density at radius 1 is 0.963 bits per heavy atom. The van der Waals surface area contributed by atoms with E-state index in [0.29, 0.717) is 29.8 Å². The van der Waals surface area contributed by atoms with Crippen molar-refractivity contribution in [1.82, 2.24) is 0 Å². The van der Waals surface area contributed by atoms with Crippen molar-refractivity contribution in [1.29, 1.82) is 0 Å². The van der Waals surface area contributed by atoms with Crippen molar-refractivity contribution in [3.05, 3.63) is 53.6 Å². The van der Waals surface area contributed by atoms with E-state index in [9.17, 15) is 14.4 Å². The Hall–Kier alpha value is -3.15. The summed E-state index contributed by atoms with van der Waals surface area (Å²) in [5, 5.41) is 8.50. The van der Waals surface area contributed by atoms with Gasteiger partial charge in [-0.25, -0.2) is 0 Å². The molecule has 1 heterocycles. The van der Waals surface area contributed by atoms with Crippen LogP contribution in [0.1, 0.15) is 43.1 Å². The normalized spacial score (nSPS) is 13.4. The molecule has 0 saturated carbocycles. The van der Waals surface area contributed by atoms with Gasteiger partial charge in [0, 0.05) is 34.5 Å². The molecule has 0 unspecified atom stereocenters. The Morgan fingerprint density at radius 2 is 1.67 bits per heavy atom. The van der Waals surface area contributed by atoms with E-state index in [1.54, 1.807) is 42.5 Å². The molecule has 27 heavy (non-hydrogen) atoms. The smallest absolute Gasteiger partial charge is 0.255 e. The molecular weight excluding hydrogens is 342 g/mol. The molecule has 0 radical (unpaired) electrons. The van der Waals surface area contributed by atoms with Gasteiger partial charge in [0.25, 0.3) is 5.91 Å². The van der Waals surface area contributed by atoms with Crippen LogP contribution < -0.4 is 16.0 Å². The standard InChI is InChI=1S/C21H23N3O3/c1-21(2,3)20(27)23-16-6-4-5-15(12-16)22-19(26)14-7-9-17-13(11-14)8-10-18(25)24-17/h4-7,9,11-12H,8,10H2,1-3H3,(H,22,26)(H,23,27)(H,24,25). The summed E-state index contributed by atoms with van der Waals surface area (Å²) in [4.78, 5) is 36.1.